The van der Waals surface area contributed by atoms with E-state index in [1.54, 1.807) is 24.3 Å². The van der Waals surface area contributed by atoms with Crippen molar-refractivity contribution in [2.24, 2.45) is 0 Å². The molecule has 4 aromatic rings. The zero-order valence-corrected chi connectivity index (χ0v) is 13.6. The Morgan fingerprint density at radius 2 is 1.88 bits per heavy atom. The van der Waals surface area contributed by atoms with E-state index in [9.17, 15) is 9.18 Å². The smallest absolute Gasteiger partial charge is 0.232 e. The van der Waals surface area contributed by atoms with E-state index in [1.165, 1.54) is 36.4 Å². The fourth-order valence-corrected chi connectivity index (χ4v) is 2.47. The zero-order valence-electron chi connectivity index (χ0n) is 13.6. The quantitative estimate of drug-likeness (QED) is 0.610. The lowest BCUT2D eigenvalue weighted by Gasteiger charge is -2.09. The molecule has 0 atom stereocenters. The molecule has 1 aromatic carbocycles. The number of benzene rings is 1. The van der Waals surface area contributed by atoms with Crippen molar-refractivity contribution in [2.45, 2.75) is 6.92 Å². The Balaban J connectivity index is 1.92. The Hall–Kier alpha value is -3.75. The van der Waals surface area contributed by atoms with Crippen molar-refractivity contribution in [3.05, 3.63) is 54.9 Å². The van der Waals surface area contributed by atoms with Gasteiger partial charge in [-0.15, -0.1) is 0 Å². The highest BCUT2D eigenvalue weighted by Crippen LogP contribution is 2.24. The van der Waals surface area contributed by atoms with Crippen LogP contribution in [0.2, 0.25) is 0 Å². The predicted octanol–water partition coefficient (Wildman–Crippen LogP) is 2.37. The van der Waals surface area contributed by atoms with Crippen molar-refractivity contribution in [3.8, 4) is 17.1 Å². The lowest BCUT2D eigenvalue weighted by molar-refractivity contribution is -0.114. The maximum atomic E-state index is 13.2. The number of rotatable bonds is 3. The van der Waals surface area contributed by atoms with Gasteiger partial charge >= 0.3 is 0 Å². The number of hydrogen-bond donors (Lipinski definition) is 1. The van der Waals surface area contributed by atoms with Gasteiger partial charge in [0.2, 0.25) is 11.9 Å². The fourth-order valence-electron chi connectivity index (χ4n) is 2.47. The summed E-state index contributed by atoms with van der Waals surface area (Å²) in [6, 6.07) is 9.56. The van der Waals surface area contributed by atoms with E-state index in [2.05, 4.69) is 30.4 Å². The maximum Gasteiger partial charge on any atom is 0.232 e. The van der Waals surface area contributed by atoms with Crippen LogP contribution in [0.25, 0.3) is 28.1 Å². The molecule has 0 aliphatic heterocycles. The zero-order chi connectivity index (χ0) is 18.1. The summed E-state index contributed by atoms with van der Waals surface area (Å²) in [7, 11) is 0. The number of carbonyl (C=O) groups is 1. The topological polar surface area (TPSA) is 98.5 Å². The molecule has 0 radical (unpaired) electrons. The van der Waals surface area contributed by atoms with E-state index in [1.807, 2.05) is 0 Å². The summed E-state index contributed by atoms with van der Waals surface area (Å²) >= 11 is 0. The highest BCUT2D eigenvalue weighted by molar-refractivity contribution is 5.90. The van der Waals surface area contributed by atoms with Crippen LogP contribution in [0.15, 0.2) is 49.1 Å². The monoisotopic (exact) mass is 349 g/mol. The first-order valence-corrected chi connectivity index (χ1v) is 7.67. The maximum absolute atomic E-state index is 13.2. The number of halogens is 1. The number of fused-ring (bicyclic) bond motifs is 1. The van der Waals surface area contributed by atoms with Crippen molar-refractivity contribution >= 4 is 22.9 Å². The van der Waals surface area contributed by atoms with E-state index in [4.69, 9.17) is 0 Å². The summed E-state index contributed by atoms with van der Waals surface area (Å²) in [6.45, 7) is 1.37. The van der Waals surface area contributed by atoms with Crippen LogP contribution in [0, 0.1) is 5.82 Å². The molecular weight excluding hydrogens is 337 g/mol. The van der Waals surface area contributed by atoms with Crippen LogP contribution in [0.1, 0.15) is 6.92 Å². The van der Waals surface area contributed by atoms with Crippen LogP contribution in [0.3, 0.4) is 0 Å². The first-order valence-electron chi connectivity index (χ1n) is 7.67. The van der Waals surface area contributed by atoms with Crippen LogP contribution >= 0.6 is 0 Å². The molecule has 0 aliphatic carbocycles. The minimum absolute atomic E-state index is 0.145. The van der Waals surface area contributed by atoms with E-state index >= 15 is 0 Å². The van der Waals surface area contributed by atoms with E-state index in [0.29, 0.717) is 22.5 Å². The second kappa shape index (κ2) is 6.28. The molecule has 3 aromatic heterocycles. The number of nitrogens with zero attached hydrogens (tertiary/aromatic N) is 6. The van der Waals surface area contributed by atoms with Gasteiger partial charge in [-0.1, -0.05) is 0 Å². The standard InChI is InChI=1S/C17H12FN7O/c1-10(26)21-17-23-14-7-6-13(11-2-4-12(18)5-3-11)22-15(14)16(24-17)25-9-19-8-20-25/h2-9H,1H3,(H,21,23,24,26). The number of hydrogen-bond acceptors (Lipinski definition) is 6. The van der Waals surface area contributed by atoms with Crippen LogP contribution in [0.5, 0.6) is 0 Å². The lowest BCUT2D eigenvalue weighted by atomic mass is 10.1. The van der Waals surface area contributed by atoms with E-state index in [-0.39, 0.29) is 17.7 Å². The van der Waals surface area contributed by atoms with Gasteiger partial charge in [-0.25, -0.2) is 24.0 Å². The number of pyridine rings is 1. The Labute approximate surface area is 146 Å². The van der Waals surface area contributed by atoms with Crippen molar-refractivity contribution < 1.29 is 9.18 Å². The molecular formula is C17H12FN7O. The number of amides is 1. The van der Waals surface area contributed by atoms with Gasteiger partial charge in [0.15, 0.2) is 5.82 Å². The summed E-state index contributed by atoms with van der Waals surface area (Å²) in [4.78, 5) is 28.5. The third-order valence-electron chi connectivity index (χ3n) is 3.59. The molecule has 0 unspecified atom stereocenters. The van der Waals surface area contributed by atoms with E-state index in [0.717, 1.165) is 5.56 Å². The molecule has 0 aliphatic rings. The first-order chi connectivity index (χ1) is 12.6. The lowest BCUT2D eigenvalue weighted by Crippen LogP contribution is -2.12. The molecule has 26 heavy (non-hydrogen) atoms. The average Bonchev–Trinajstić information content (AvgIpc) is 3.15. The second-order valence-corrected chi connectivity index (χ2v) is 5.46. The van der Waals surface area contributed by atoms with Crippen LogP contribution < -0.4 is 5.32 Å². The number of nitrogens with one attached hydrogen (secondary N) is 1. The van der Waals surface area contributed by atoms with Crippen LogP contribution in [-0.4, -0.2) is 35.6 Å². The molecule has 9 heteroatoms. The molecule has 0 bridgehead atoms. The molecule has 1 N–H and O–H groups in total. The van der Waals surface area contributed by atoms with Gasteiger partial charge in [-0.3, -0.25) is 10.1 Å². The molecule has 1 amide bonds. The summed E-state index contributed by atoms with van der Waals surface area (Å²) < 4.78 is 14.6. The highest BCUT2D eigenvalue weighted by atomic mass is 19.1. The van der Waals surface area contributed by atoms with Gasteiger partial charge in [-0.2, -0.15) is 10.1 Å². The Bertz CT molecular complexity index is 1090. The Morgan fingerprint density at radius 3 is 2.58 bits per heavy atom. The summed E-state index contributed by atoms with van der Waals surface area (Å²) in [6.07, 6.45) is 2.85. The van der Waals surface area contributed by atoms with Gasteiger partial charge < -0.3 is 0 Å². The summed E-state index contributed by atoms with van der Waals surface area (Å²) in [5, 5.41) is 6.64. The first kappa shape index (κ1) is 15.8. The minimum atomic E-state index is -0.318. The molecule has 128 valence electrons. The summed E-state index contributed by atoms with van der Waals surface area (Å²) in [5.74, 6) is -0.0852. The highest BCUT2D eigenvalue weighted by Gasteiger charge is 2.14. The molecule has 0 fully saturated rings. The Morgan fingerprint density at radius 1 is 1.08 bits per heavy atom. The molecule has 0 saturated heterocycles. The van der Waals surface area contributed by atoms with Crippen molar-refractivity contribution in [1.29, 1.82) is 0 Å². The third kappa shape index (κ3) is 2.97. The average molecular weight is 349 g/mol. The van der Waals surface area contributed by atoms with E-state index < -0.39 is 0 Å². The largest absolute Gasteiger partial charge is 0.295 e. The van der Waals surface area contributed by atoms with Gasteiger partial charge in [0.05, 0.1) is 11.2 Å². The van der Waals surface area contributed by atoms with Crippen molar-refractivity contribution in [2.75, 3.05) is 5.32 Å². The second-order valence-electron chi connectivity index (χ2n) is 5.46. The normalized spacial score (nSPS) is 10.8. The SMILES string of the molecule is CC(=O)Nc1nc(-n2cncn2)c2nc(-c3ccc(F)cc3)ccc2n1. The Kier molecular flexibility index (Phi) is 3.81. The number of carbonyl (C=O) groups excluding carboxylic acids is 1. The van der Waals surface area contributed by atoms with Gasteiger partial charge in [0, 0.05) is 12.5 Å². The molecule has 4 rings (SSSR count). The van der Waals surface area contributed by atoms with Crippen LogP contribution in [-0.2, 0) is 4.79 Å². The number of anilines is 1. The fraction of sp³-hybridized carbons (Fsp3) is 0.0588. The molecule has 8 nitrogen and oxygen atoms in total. The molecule has 3 heterocycles. The minimum Gasteiger partial charge on any atom is -0.295 e. The molecule has 0 saturated carbocycles. The summed E-state index contributed by atoms with van der Waals surface area (Å²) in [5.41, 5.74) is 2.39. The van der Waals surface area contributed by atoms with Crippen LogP contribution in [0.4, 0.5) is 10.3 Å². The molecule has 0 spiro atoms. The van der Waals surface area contributed by atoms with Gasteiger partial charge in [0.1, 0.15) is 24.0 Å². The predicted molar refractivity (Wildman–Crippen MR) is 91.9 cm³/mol. The van der Waals surface area contributed by atoms with Crippen molar-refractivity contribution in [3.63, 3.8) is 0 Å². The van der Waals surface area contributed by atoms with Crippen molar-refractivity contribution in [1.82, 2.24) is 29.7 Å². The van der Waals surface area contributed by atoms with Gasteiger partial charge in [-0.05, 0) is 36.4 Å². The third-order valence-corrected chi connectivity index (χ3v) is 3.59. The number of aromatic nitrogens is 6. The van der Waals surface area contributed by atoms with Gasteiger partial charge in [0.25, 0.3) is 0 Å².